The highest BCUT2D eigenvalue weighted by Crippen LogP contribution is 2.59. The lowest BCUT2D eigenvalue weighted by atomic mass is 9.52. The number of benzene rings is 2. The summed E-state index contributed by atoms with van der Waals surface area (Å²) in [5.41, 5.74) is 1.37. The maximum atomic E-state index is 13.8. The first-order valence-electron chi connectivity index (χ1n) is 10.5. The molecule has 0 fully saturated rings. The summed E-state index contributed by atoms with van der Waals surface area (Å²) in [4.78, 5) is 39.6. The van der Waals surface area contributed by atoms with Crippen LogP contribution >= 0.6 is 0 Å². The van der Waals surface area contributed by atoms with Crippen molar-refractivity contribution in [2.24, 2.45) is 11.8 Å². The fourth-order valence-corrected chi connectivity index (χ4v) is 5.31. The lowest BCUT2D eigenvalue weighted by Crippen LogP contribution is -2.55. The first-order chi connectivity index (χ1) is 15.1. The molecule has 31 heavy (non-hydrogen) atoms. The average Bonchev–Trinajstić information content (AvgIpc) is 3.06. The molecule has 0 radical (unpaired) electrons. The molecule has 0 bridgehead atoms. The number of para-hydroxylation sites is 1. The Morgan fingerprint density at radius 3 is 2.55 bits per heavy atom. The van der Waals surface area contributed by atoms with Crippen LogP contribution in [0, 0.1) is 11.8 Å². The first kappa shape index (κ1) is 20.8. The minimum atomic E-state index is -1.30. The van der Waals surface area contributed by atoms with Gasteiger partial charge >= 0.3 is 5.97 Å². The number of carbonyl (C=O) groups is 3. The van der Waals surface area contributed by atoms with Crippen molar-refractivity contribution in [1.82, 2.24) is 0 Å². The number of carbonyl (C=O) groups excluding carboxylic acids is 3. The van der Waals surface area contributed by atoms with E-state index in [1.54, 1.807) is 13.0 Å². The van der Waals surface area contributed by atoms with Crippen molar-refractivity contribution in [3.05, 3.63) is 90.0 Å². The van der Waals surface area contributed by atoms with E-state index in [1.807, 2.05) is 60.7 Å². The molecule has 0 saturated heterocycles. The number of hydrogen-bond donors (Lipinski definition) is 1. The quantitative estimate of drug-likeness (QED) is 0.437. The van der Waals surface area contributed by atoms with E-state index in [1.165, 1.54) is 0 Å². The molecule has 1 N–H and O–H groups in total. The Bertz CT molecular complexity index is 1060. The van der Waals surface area contributed by atoms with Crippen molar-refractivity contribution < 1.29 is 19.1 Å². The molecule has 2 aromatic rings. The van der Waals surface area contributed by atoms with Gasteiger partial charge in [-0.25, -0.2) is 0 Å². The number of hydrogen-bond acceptors (Lipinski definition) is 4. The Kier molecular flexibility index (Phi) is 5.59. The monoisotopic (exact) mass is 415 g/mol. The fourth-order valence-electron chi connectivity index (χ4n) is 5.31. The van der Waals surface area contributed by atoms with Crippen molar-refractivity contribution in [2.45, 2.75) is 24.7 Å². The molecule has 1 aliphatic heterocycles. The molecule has 0 unspecified atom stereocenters. The third-order valence-corrected chi connectivity index (χ3v) is 6.36. The van der Waals surface area contributed by atoms with Gasteiger partial charge in [0, 0.05) is 11.6 Å². The van der Waals surface area contributed by atoms with Gasteiger partial charge in [-0.3, -0.25) is 14.4 Å². The summed E-state index contributed by atoms with van der Waals surface area (Å²) in [6.45, 7) is 5.78. The van der Waals surface area contributed by atoms with E-state index in [-0.39, 0.29) is 12.5 Å². The van der Waals surface area contributed by atoms with E-state index in [4.69, 9.17) is 4.74 Å². The van der Waals surface area contributed by atoms with Gasteiger partial charge in [0.25, 0.3) is 0 Å². The van der Waals surface area contributed by atoms with Gasteiger partial charge in [0.2, 0.25) is 5.91 Å². The Labute approximate surface area is 181 Å². The van der Waals surface area contributed by atoms with Crippen LogP contribution in [0.25, 0.3) is 0 Å². The van der Waals surface area contributed by atoms with Gasteiger partial charge in [-0.05, 0) is 42.0 Å². The minimum absolute atomic E-state index is 0.204. The summed E-state index contributed by atoms with van der Waals surface area (Å²) in [6, 6.07) is 16.8. The average molecular weight is 415 g/mol. The van der Waals surface area contributed by atoms with E-state index in [2.05, 4.69) is 11.9 Å². The van der Waals surface area contributed by atoms with Crippen LogP contribution in [0.4, 0.5) is 5.69 Å². The molecular formula is C26H25NO4. The molecule has 1 amide bonds. The number of rotatable bonds is 6. The van der Waals surface area contributed by atoms with Gasteiger partial charge in [0.05, 0.1) is 12.5 Å². The fraction of sp³-hybridized carbons (Fsp3) is 0.269. The number of anilines is 1. The SMILES string of the molecule is C=CC[C@H]1C=C(C=O)[C@@H](c2ccccc2)[C@]2(C(=O)Nc3ccccc32)[C@@H]1C(=O)OCC. The van der Waals surface area contributed by atoms with E-state index in [9.17, 15) is 14.4 Å². The predicted octanol–water partition coefficient (Wildman–Crippen LogP) is 4.17. The van der Waals surface area contributed by atoms with Crippen molar-refractivity contribution in [3.8, 4) is 0 Å². The van der Waals surface area contributed by atoms with E-state index in [0.717, 1.165) is 11.8 Å². The molecular weight excluding hydrogens is 390 g/mol. The molecule has 1 heterocycles. The number of aldehydes is 1. The van der Waals surface area contributed by atoms with Crippen LogP contribution in [-0.2, 0) is 24.5 Å². The zero-order valence-electron chi connectivity index (χ0n) is 17.4. The maximum absolute atomic E-state index is 13.8. The highest BCUT2D eigenvalue weighted by atomic mass is 16.5. The molecule has 0 saturated carbocycles. The zero-order valence-corrected chi connectivity index (χ0v) is 17.4. The summed E-state index contributed by atoms with van der Waals surface area (Å²) in [7, 11) is 0. The van der Waals surface area contributed by atoms with Crippen molar-refractivity contribution >= 4 is 23.9 Å². The topological polar surface area (TPSA) is 72.5 Å². The highest BCUT2D eigenvalue weighted by Gasteiger charge is 2.64. The second kappa shape index (κ2) is 8.34. The van der Waals surface area contributed by atoms with E-state index in [0.29, 0.717) is 23.2 Å². The Morgan fingerprint density at radius 1 is 1.16 bits per heavy atom. The molecule has 2 aliphatic rings. The number of nitrogens with one attached hydrogen (secondary N) is 1. The Hall–Kier alpha value is -3.47. The van der Waals surface area contributed by atoms with Crippen molar-refractivity contribution in [2.75, 3.05) is 11.9 Å². The van der Waals surface area contributed by atoms with Gasteiger partial charge in [-0.1, -0.05) is 60.7 Å². The largest absolute Gasteiger partial charge is 0.466 e. The standard InChI is InChI=1S/C26H25NO4/c1-3-10-18-15-19(16-28)22(17-11-6-5-7-12-17)26(23(18)24(29)31-4-2)20-13-8-9-14-21(20)27-25(26)30/h3,5-9,11-16,18,22-23H,1,4,10H2,2H3,(H,27,30)/t18-,22+,23-,26-/m0/s1. The number of allylic oxidation sites excluding steroid dienone is 3. The second-order valence-electron chi connectivity index (χ2n) is 7.91. The second-order valence-corrected chi connectivity index (χ2v) is 7.91. The molecule has 4 atom stereocenters. The van der Waals surface area contributed by atoms with Gasteiger partial charge < -0.3 is 10.1 Å². The van der Waals surface area contributed by atoms with Crippen LogP contribution in [0.1, 0.15) is 30.4 Å². The first-order valence-corrected chi connectivity index (χ1v) is 10.5. The molecule has 5 heteroatoms. The summed E-state index contributed by atoms with van der Waals surface area (Å²) >= 11 is 0. The Balaban J connectivity index is 2.09. The molecule has 1 spiro atoms. The third kappa shape index (κ3) is 3.12. The maximum Gasteiger partial charge on any atom is 0.311 e. The zero-order chi connectivity index (χ0) is 22.0. The number of fused-ring (bicyclic) bond motifs is 2. The smallest absolute Gasteiger partial charge is 0.311 e. The van der Waals surface area contributed by atoms with Crippen LogP contribution in [0.3, 0.4) is 0 Å². The van der Waals surface area contributed by atoms with Gasteiger partial charge in [0.15, 0.2) is 0 Å². The highest BCUT2D eigenvalue weighted by molar-refractivity contribution is 6.11. The summed E-state index contributed by atoms with van der Waals surface area (Å²) in [5.74, 6) is -2.55. The summed E-state index contributed by atoms with van der Waals surface area (Å²) in [6.07, 6.45) is 4.79. The number of esters is 1. The van der Waals surface area contributed by atoms with Gasteiger partial charge in [-0.2, -0.15) is 0 Å². The van der Waals surface area contributed by atoms with Crippen LogP contribution in [0.15, 0.2) is 78.9 Å². The predicted molar refractivity (Wildman–Crippen MR) is 119 cm³/mol. The van der Waals surface area contributed by atoms with Crippen molar-refractivity contribution in [1.29, 1.82) is 0 Å². The van der Waals surface area contributed by atoms with Crippen LogP contribution in [0.2, 0.25) is 0 Å². The normalized spacial score (nSPS) is 26.5. The van der Waals surface area contributed by atoms with Crippen molar-refractivity contribution in [3.63, 3.8) is 0 Å². The van der Waals surface area contributed by atoms with Gasteiger partial charge in [-0.15, -0.1) is 6.58 Å². The molecule has 4 rings (SSSR count). The lowest BCUT2D eigenvalue weighted by Gasteiger charge is -2.47. The van der Waals surface area contributed by atoms with Crippen LogP contribution in [-0.4, -0.2) is 24.8 Å². The third-order valence-electron chi connectivity index (χ3n) is 6.36. The Morgan fingerprint density at radius 2 is 1.87 bits per heavy atom. The molecule has 2 aromatic carbocycles. The van der Waals surface area contributed by atoms with Crippen LogP contribution in [0.5, 0.6) is 0 Å². The van der Waals surface area contributed by atoms with E-state index < -0.39 is 29.1 Å². The minimum Gasteiger partial charge on any atom is -0.466 e. The number of ether oxygens (including phenoxy) is 1. The molecule has 158 valence electrons. The summed E-state index contributed by atoms with van der Waals surface area (Å²) in [5, 5.41) is 2.98. The molecule has 0 aromatic heterocycles. The molecule has 5 nitrogen and oxygen atoms in total. The number of amides is 1. The van der Waals surface area contributed by atoms with E-state index >= 15 is 0 Å². The molecule has 1 aliphatic carbocycles. The van der Waals surface area contributed by atoms with Crippen LogP contribution < -0.4 is 5.32 Å². The lowest BCUT2D eigenvalue weighted by molar-refractivity contribution is -0.156. The van der Waals surface area contributed by atoms with Gasteiger partial charge in [0.1, 0.15) is 11.7 Å². The summed E-state index contributed by atoms with van der Waals surface area (Å²) < 4.78 is 5.49.